The van der Waals surface area contributed by atoms with Crippen molar-refractivity contribution in [2.75, 3.05) is 24.4 Å². The van der Waals surface area contributed by atoms with Crippen LogP contribution < -0.4 is 16.0 Å². The van der Waals surface area contributed by atoms with E-state index in [1.807, 2.05) is 49.4 Å². The molecule has 24 heavy (non-hydrogen) atoms. The number of urea groups is 1. The third-order valence-corrected chi connectivity index (χ3v) is 3.35. The Labute approximate surface area is 141 Å². The van der Waals surface area contributed by atoms with Gasteiger partial charge in [0, 0.05) is 18.5 Å². The highest BCUT2D eigenvalue weighted by molar-refractivity contribution is 5.99. The normalized spacial score (nSPS) is 11.4. The summed E-state index contributed by atoms with van der Waals surface area (Å²) in [5.41, 5.74) is 2.33. The first kappa shape index (κ1) is 17.5. The molecule has 0 aliphatic heterocycles. The predicted molar refractivity (Wildman–Crippen MR) is 94.0 cm³/mol. The number of nitrogens with one attached hydrogen (secondary N) is 3. The van der Waals surface area contributed by atoms with Gasteiger partial charge in [-0.2, -0.15) is 0 Å². The quantitative estimate of drug-likeness (QED) is 0.762. The summed E-state index contributed by atoms with van der Waals surface area (Å²) in [4.78, 5) is 23.4. The van der Waals surface area contributed by atoms with Crippen LogP contribution >= 0.6 is 0 Å². The van der Waals surface area contributed by atoms with Gasteiger partial charge in [0.15, 0.2) is 0 Å². The minimum Gasteiger partial charge on any atom is -0.375 e. The van der Waals surface area contributed by atoms with E-state index in [2.05, 4.69) is 16.0 Å². The Morgan fingerprint density at radius 1 is 0.958 bits per heavy atom. The summed E-state index contributed by atoms with van der Waals surface area (Å²) in [5.74, 6) is -0.172. The van der Waals surface area contributed by atoms with E-state index >= 15 is 0 Å². The molecule has 0 spiro atoms. The lowest BCUT2D eigenvalue weighted by molar-refractivity contribution is -0.125. The third-order valence-electron chi connectivity index (χ3n) is 3.35. The van der Waals surface area contributed by atoms with Crippen LogP contribution in [0.25, 0.3) is 0 Å². The minimum absolute atomic E-state index is 0.0314. The Morgan fingerprint density at radius 3 is 2.12 bits per heavy atom. The number of benzene rings is 2. The lowest BCUT2D eigenvalue weighted by atomic mass is 10.1. The lowest BCUT2D eigenvalue weighted by Crippen LogP contribution is -2.29. The molecule has 0 aliphatic rings. The van der Waals surface area contributed by atoms with E-state index in [1.165, 1.54) is 7.11 Å². The average Bonchev–Trinajstić information content (AvgIpc) is 2.56. The van der Waals surface area contributed by atoms with E-state index in [9.17, 15) is 9.59 Å². The summed E-state index contributed by atoms with van der Waals surface area (Å²) in [6, 6.07) is 16.1. The minimum atomic E-state index is -0.310. The van der Waals surface area contributed by atoms with E-state index in [4.69, 9.17) is 4.74 Å². The van der Waals surface area contributed by atoms with Crippen molar-refractivity contribution in [2.45, 2.75) is 13.0 Å². The van der Waals surface area contributed by atoms with Crippen molar-refractivity contribution >= 4 is 23.3 Å². The Bertz CT molecular complexity index is 672. The number of hydrogen-bond acceptors (Lipinski definition) is 3. The van der Waals surface area contributed by atoms with Gasteiger partial charge in [0.25, 0.3) is 0 Å². The second-order valence-corrected chi connectivity index (χ2v) is 5.29. The smallest absolute Gasteiger partial charge is 0.323 e. The van der Waals surface area contributed by atoms with Crippen molar-refractivity contribution in [3.63, 3.8) is 0 Å². The fraction of sp³-hybridized carbons (Fsp3) is 0.222. The van der Waals surface area contributed by atoms with Crippen LogP contribution in [0.5, 0.6) is 0 Å². The van der Waals surface area contributed by atoms with E-state index in [-0.39, 0.29) is 24.6 Å². The molecule has 0 heterocycles. The van der Waals surface area contributed by atoms with Crippen LogP contribution in [0.4, 0.5) is 16.2 Å². The number of ether oxygens (including phenoxy) is 1. The maximum atomic E-state index is 11.9. The van der Waals surface area contributed by atoms with Gasteiger partial charge in [-0.05, 0) is 36.8 Å². The van der Waals surface area contributed by atoms with Crippen molar-refractivity contribution in [2.24, 2.45) is 0 Å². The molecule has 1 atom stereocenters. The monoisotopic (exact) mass is 327 g/mol. The van der Waals surface area contributed by atoms with E-state index in [1.54, 1.807) is 12.1 Å². The van der Waals surface area contributed by atoms with Gasteiger partial charge >= 0.3 is 6.03 Å². The Balaban J connectivity index is 1.89. The van der Waals surface area contributed by atoms with Crippen molar-refractivity contribution in [3.8, 4) is 0 Å². The average molecular weight is 327 g/mol. The summed E-state index contributed by atoms with van der Waals surface area (Å²) in [5, 5.41) is 8.33. The molecule has 6 heteroatoms. The highest BCUT2D eigenvalue weighted by Gasteiger charge is 2.09. The zero-order valence-electron chi connectivity index (χ0n) is 13.7. The van der Waals surface area contributed by atoms with Crippen LogP contribution in [0.3, 0.4) is 0 Å². The molecule has 0 aliphatic carbocycles. The molecule has 0 unspecified atom stereocenters. The van der Waals surface area contributed by atoms with Crippen molar-refractivity contribution in [1.82, 2.24) is 5.32 Å². The van der Waals surface area contributed by atoms with E-state index in [0.717, 1.165) is 11.3 Å². The zero-order valence-corrected chi connectivity index (χ0v) is 13.7. The second kappa shape index (κ2) is 8.69. The molecule has 0 saturated carbocycles. The van der Waals surface area contributed by atoms with E-state index < -0.39 is 0 Å². The lowest BCUT2D eigenvalue weighted by Gasteiger charge is -2.15. The first-order valence-corrected chi connectivity index (χ1v) is 7.60. The fourth-order valence-corrected chi connectivity index (χ4v) is 2.17. The molecule has 6 nitrogen and oxygen atoms in total. The fourth-order valence-electron chi connectivity index (χ4n) is 2.17. The predicted octanol–water partition coefficient (Wildman–Crippen LogP) is 3.15. The number of carbonyl (C=O) groups excluding carboxylic acids is 2. The van der Waals surface area contributed by atoms with Gasteiger partial charge in [-0.25, -0.2) is 4.79 Å². The van der Waals surface area contributed by atoms with Gasteiger partial charge < -0.3 is 20.7 Å². The van der Waals surface area contributed by atoms with Crippen molar-refractivity contribution in [1.29, 1.82) is 0 Å². The SMILES string of the molecule is COCC(=O)N[C@H](C)c1ccc(NC(=O)Nc2ccccc2)cc1. The molecule has 0 saturated heterocycles. The maximum Gasteiger partial charge on any atom is 0.323 e. The second-order valence-electron chi connectivity index (χ2n) is 5.29. The van der Waals surface area contributed by atoms with Crippen LogP contribution in [-0.4, -0.2) is 25.7 Å². The van der Waals surface area contributed by atoms with Gasteiger partial charge in [-0.15, -0.1) is 0 Å². The molecule has 2 rings (SSSR count). The number of methoxy groups -OCH3 is 1. The first-order valence-electron chi connectivity index (χ1n) is 7.60. The van der Waals surface area contributed by atoms with Crippen LogP contribution in [0.2, 0.25) is 0 Å². The van der Waals surface area contributed by atoms with Gasteiger partial charge in [0.2, 0.25) is 5.91 Å². The molecule has 126 valence electrons. The number of hydrogen-bond donors (Lipinski definition) is 3. The molecule has 3 N–H and O–H groups in total. The van der Waals surface area contributed by atoms with Gasteiger partial charge in [-0.3, -0.25) is 4.79 Å². The molecule has 0 aromatic heterocycles. The van der Waals surface area contributed by atoms with Gasteiger partial charge in [0.1, 0.15) is 6.61 Å². The van der Waals surface area contributed by atoms with E-state index in [0.29, 0.717) is 5.69 Å². The molecular formula is C18H21N3O3. The highest BCUT2D eigenvalue weighted by Crippen LogP contribution is 2.16. The third kappa shape index (κ3) is 5.40. The Hall–Kier alpha value is -2.86. The Morgan fingerprint density at radius 2 is 1.54 bits per heavy atom. The van der Waals surface area contributed by atoms with Gasteiger partial charge in [0.05, 0.1) is 6.04 Å². The number of carbonyl (C=O) groups is 2. The zero-order chi connectivity index (χ0) is 17.4. The molecule has 2 aromatic rings. The maximum absolute atomic E-state index is 11.9. The Kier molecular flexibility index (Phi) is 6.33. The van der Waals surface area contributed by atoms with Crippen molar-refractivity contribution in [3.05, 3.63) is 60.2 Å². The van der Waals surface area contributed by atoms with Crippen LogP contribution in [0.1, 0.15) is 18.5 Å². The molecular weight excluding hydrogens is 306 g/mol. The largest absolute Gasteiger partial charge is 0.375 e. The summed E-state index contributed by atoms with van der Waals surface area (Å²) < 4.78 is 4.79. The number of rotatable bonds is 6. The number of para-hydroxylation sites is 1. The topological polar surface area (TPSA) is 79.5 Å². The molecule has 0 fully saturated rings. The van der Waals surface area contributed by atoms with Crippen molar-refractivity contribution < 1.29 is 14.3 Å². The molecule has 2 aromatic carbocycles. The highest BCUT2D eigenvalue weighted by atomic mass is 16.5. The number of anilines is 2. The van der Waals surface area contributed by atoms with Crippen LogP contribution in [-0.2, 0) is 9.53 Å². The summed E-state index contributed by atoms with van der Waals surface area (Å²) >= 11 is 0. The van der Waals surface area contributed by atoms with Crippen LogP contribution in [0, 0.1) is 0 Å². The number of amides is 3. The summed E-state index contributed by atoms with van der Waals surface area (Å²) in [6.07, 6.45) is 0. The first-order chi connectivity index (χ1) is 11.6. The summed E-state index contributed by atoms with van der Waals surface area (Å²) in [7, 11) is 1.48. The molecule has 0 bridgehead atoms. The molecule has 3 amide bonds. The van der Waals surface area contributed by atoms with Crippen LogP contribution in [0.15, 0.2) is 54.6 Å². The van der Waals surface area contributed by atoms with Gasteiger partial charge in [-0.1, -0.05) is 30.3 Å². The summed E-state index contributed by atoms with van der Waals surface area (Å²) in [6.45, 7) is 1.92. The molecule has 0 radical (unpaired) electrons. The standard InChI is InChI=1S/C18H21N3O3/c1-13(19-17(22)12-24-2)14-8-10-16(11-9-14)21-18(23)20-15-6-4-3-5-7-15/h3-11,13H,12H2,1-2H3,(H,19,22)(H2,20,21,23)/t13-/m1/s1.